The first-order valence-electron chi connectivity index (χ1n) is 11.7. The van der Waals surface area contributed by atoms with Gasteiger partial charge in [-0.2, -0.15) is 0 Å². The molecular formula is C24H30ClN3O5S. The predicted octanol–water partition coefficient (Wildman–Crippen LogP) is 3.92. The van der Waals surface area contributed by atoms with Crippen LogP contribution >= 0.6 is 11.6 Å². The monoisotopic (exact) mass is 507 g/mol. The molecule has 3 heterocycles. The number of nitrogens with zero attached hydrogens (tertiary/aromatic N) is 2. The molecule has 1 saturated heterocycles. The lowest BCUT2D eigenvalue weighted by Crippen LogP contribution is -2.37. The fourth-order valence-corrected chi connectivity index (χ4v) is 6.97. The summed E-state index contributed by atoms with van der Waals surface area (Å²) in [5.41, 5.74) is -0.0480. The highest BCUT2D eigenvalue weighted by atomic mass is 35.5. The van der Waals surface area contributed by atoms with Gasteiger partial charge in [-0.15, -0.1) is 0 Å². The van der Waals surface area contributed by atoms with E-state index < -0.39 is 26.7 Å². The Morgan fingerprint density at radius 3 is 2.53 bits per heavy atom. The molecule has 0 bridgehead atoms. The van der Waals surface area contributed by atoms with Crippen LogP contribution in [0.3, 0.4) is 0 Å². The van der Waals surface area contributed by atoms with Crippen molar-refractivity contribution in [2.24, 2.45) is 5.92 Å². The van der Waals surface area contributed by atoms with E-state index in [2.05, 4.69) is 10.3 Å². The van der Waals surface area contributed by atoms with Crippen molar-refractivity contribution in [1.29, 1.82) is 0 Å². The first-order valence-corrected chi connectivity index (χ1v) is 13.7. The molecule has 2 aromatic heterocycles. The number of carbonyl (C=O) groups excluding carboxylic acids is 1. The summed E-state index contributed by atoms with van der Waals surface area (Å²) in [7, 11) is -3.58. The number of pyridine rings is 2. The number of aryl methyl sites for hydroxylation is 1. The van der Waals surface area contributed by atoms with Gasteiger partial charge in [0, 0.05) is 31.2 Å². The van der Waals surface area contributed by atoms with E-state index in [0.29, 0.717) is 49.0 Å². The third-order valence-corrected chi connectivity index (χ3v) is 9.26. The summed E-state index contributed by atoms with van der Waals surface area (Å²) < 4.78 is 33.0. The zero-order valence-corrected chi connectivity index (χ0v) is 20.8. The van der Waals surface area contributed by atoms with E-state index in [0.717, 1.165) is 25.7 Å². The fraction of sp³-hybridized carbons (Fsp3) is 0.542. The van der Waals surface area contributed by atoms with Gasteiger partial charge in [-0.3, -0.25) is 9.59 Å². The molecule has 1 aliphatic heterocycles. The zero-order valence-electron chi connectivity index (χ0n) is 19.2. The van der Waals surface area contributed by atoms with Crippen LogP contribution in [0.25, 0.3) is 0 Å². The average Bonchev–Trinajstić information content (AvgIpc) is 3.36. The standard InChI is InChI=1S/C24H30ClN3O5S/c1-16-12-20(34(31,32)19-4-2-3-5-19)14-23(29)28(16)21(13-17-8-10-33-11-9-17)24(30)27-22-7-6-18(25)15-26-22/h6-7,12,14-15,17,19,21H,2-5,8-11,13H2,1H3,(H,26,27,30)/t21-/m1/s1. The summed E-state index contributed by atoms with van der Waals surface area (Å²) >= 11 is 5.89. The van der Waals surface area contributed by atoms with Gasteiger partial charge >= 0.3 is 0 Å². The lowest BCUT2D eigenvalue weighted by atomic mass is 9.91. The van der Waals surface area contributed by atoms with Crippen molar-refractivity contribution in [3.8, 4) is 0 Å². The number of amides is 1. The number of ether oxygens (including phenoxy) is 1. The lowest BCUT2D eigenvalue weighted by Gasteiger charge is -2.28. The Balaban J connectivity index is 1.67. The predicted molar refractivity (Wildman–Crippen MR) is 130 cm³/mol. The second-order valence-electron chi connectivity index (χ2n) is 9.15. The normalized spacial score (nSPS) is 18.6. The second-order valence-corrected chi connectivity index (χ2v) is 11.8. The van der Waals surface area contributed by atoms with Gasteiger partial charge in [0.15, 0.2) is 9.84 Å². The minimum absolute atomic E-state index is 0.0442. The minimum Gasteiger partial charge on any atom is -0.381 e. The molecule has 10 heteroatoms. The maximum Gasteiger partial charge on any atom is 0.252 e. The number of nitrogens with one attached hydrogen (secondary N) is 1. The van der Waals surface area contributed by atoms with Crippen molar-refractivity contribution < 1.29 is 17.9 Å². The van der Waals surface area contributed by atoms with Gasteiger partial charge in [0.25, 0.3) is 5.56 Å². The van der Waals surface area contributed by atoms with E-state index in [9.17, 15) is 18.0 Å². The molecule has 2 aromatic rings. The highest BCUT2D eigenvalue weighted by molar-refractivity contribution is 7.92. The molecule has 4 rings (SSSR count). The highest BCUT2D eigenvalue weighted by Crippen LogP contribution is 2.31. The molecule has 1 saturated carbocycles. The molecule has 8 nitrogen and oxygen atoms in total. The van der Waals surface area contributed by atoms with E-state index >= 15 is 0 Å². The van der Waals surface area contributed by atoms with Crippen LogP contribution in [-0.4, -0.2) is 42.3 Å². The fourth-order valence-electron chi connectivity index (χ4n) is 4.92. The van der Waals surface area contributed by atoms with E-state index in [-0.39, 0.29) is 16.7 Å². The number of sulfone groups is 1. The number of anilines is 1. The van der Waals surface area contributed by atoms with E-state index in [1.54, 1.807) is 19.1 Å². The number of rotatable bonds is 7. The Bertz CT molecular complexity index is 1180. The molecule has 0 unspecified atom stereocenters. The molecule has 2 fully saturated rings. The van der Waals surface area contributed by atoms with Crippen molar-refractivity contribution in [2.45, 2.75) is 68.1 Å². The van der Waals surface area contributed by atoms with Crippen molar-refractivity contribution in [2.75, 3.05) is 18.5 Å². The molecule has 184 valence electrons. The van der Waals surface area contributed by atoms with E-state index in [4.69, 9.17) is 16.3 Å². The molecule has 1 aliphatic carbocycles. The Morgan fingerprint density at radius 2 is 1.91 bits per heavy atom. The third-order valence-electron chi connectivity index (χ3n) is 6.79. The van der Waals surface area contributed by atoms with Gasteiger partial charge in [-0.25, -0.2) is 13.4 Å². The van der Waals surface area contributed by atoms with Gasteiger partial charge in [-0.05, 0) is 63.1 Å². The maximum atomic E-state index is 13.4. The van der Waals surface area contributed by atoms with Crippen LogP contribution in [0.1, 0.15) is 56.7 Å². The summed E-state index contributed by atoms with van der Waals surface area (Å²) in [4.78, 5) is 30.8. The first kappa shape index (κ1) is 24.9. The molecule has 0 radical (unpaired) electrons. The Labute approximate surface area is 204 Å². The lowest BCUT2D eigenvalue weighted by molar-refractivity contribution is -0.120. The van der Waals surface area contributed by atoms with Gasteiger partial charge in [0.2, 0.25) is 5.91 Å². The molecule has 2 aliphatic rings. The first-order chi connectivity index (χ1) is 16.3. The maximum absolute atomic E-state index is 13.4. The number of halogens is 1. The van der Waals surface area contributed by atoms with Crippen LogP contribution in [0.5, 0.6) is 0 Å². The number of carbonyl (C=O) groups is 1. The summed E-state index contributed by atoms with van der Waals surface area (Å²) in [6.07, 6.45) is 6.47. The second kappa shape index (κ2) is 10.6. The van der Waals surface area contributed by atoms with Gasteiger partial charge in [-0.1, -0.05) is 24.4 Å². The minimum atomic E-state index is -3.58. The van der Waals surface area contributed by atoms with Gasteiger partial charge in [0.1, 0.15) is 11.9 Å². The van der Waals surface area contributed by atoms with Crippen LogP contribution < -0.4 is 10.9 Å². The summed E-state index contributed by atoms with van der Waals surface area (Å²) in [5.74, 6) is 0.159. The van der Waals surface area contributed by atoms with Gasteiger partial charge < -0.3 is 14.6 Å². The van der Waals surface area contributed by atoms with Crippen LogP contribution in [0.15, 0.2) is 40.2 Å². The van der Waals surface area contributed by atoms with Crippen molar-refractivity contribution in [1.82, 2.24) is 9.55 Å². The van der Waals surface area contributed by atoms with Crippen molar-refractivity contribution in [3.05, 3.63) is 51.5 Å². The molecule has 34 heavy (non-hydrogen) atoms. The third kappa shape index (κ3) is 5.53. The molecule has 0 spiro atoms. The Hall–Kier alpha value is -2.23. The summed E-state index contributed by atoms with van der Waals surface area (Å²) in [6.45, 7) is 2.91. The Kier molecular flexibility index (Phi) is 7.74. The van der Waals surface area contributed by atoms with Crippen LogP contribution in [0.2, 0.25) is 5.02 Å². The topological polar surface area (TPSA) is 107 Å². The molecule has 1 amide bonds. The summed E-state index contributed by atoms with van der Waals surface area (Å²) in [5, 5.41) is 2.79. The van der Waals surface area contributed by atoms with Crippen molar-refractivity contribution in [3.63, 3.8) is 0 Å². The average molecular weight is 508 g/mol. The summed E-state index contributed by atoms with van der Waals surface area (Å²) in [6, 6.07) is 5.11. The highest BCUT2D eigenvalue weighted by Gasteiger charge is 2.33. The molecule has 0 aromatic carbocycles. The number of hydrogen-bond donors (Lipinski definition) is 1. The molecular weight excluding hydrogens is 478 g/mol. The molecule has 1 N–H and O–H groups in total. The Morgan fingerprint density at radius 1 is 1.21 bits per heavy atom. The zero-order chi connectivity index (χ0) is 24.3. The van der Waals surface area contributed by atoms with E-state index in [1.807, 2.05) is 0 Å². The number of aromatic nitrogens is 2. The van der Waals surface area contributed by atoms with E-state index in [1.165, 1.54) is 22.9 Å². The molecule has 1 atom stereocenters. The smallest absolute Gasteiger partial charge is 0.252 e. The van der Waals surface area contributed by atoms with Crippen molar-refractivity contribution >= 4 is 33.2 Å². The quantitative estimate of drug-likeness (QED) is 0.608. The largest absolute Gasteiger partial charge is 0.381 e. The SMILES string of the molecule is Cc1cc(S(=O)(=O)C2CCCC2)cc(=O)n1[C@H](CC1CCOCC1)C(=O)Nc1ccc(Cl)cn1. The van der Waals surface area contributed by atoms with Crippen LogP contribution in [0, 0.1) is 12.8 Å². The van der Waals surface area contributed by atoms with Gasteiger partial charge in [0.05, 0.1) is 15.2 Å². The number of hydrogen-bond acceptors (Lipinski definition) is 6. The van der Waals surface area contributed by atoms with Crippen LogP contribution in [-0.2, 0) is 19.4 Å². The van der Waals surface area contributed by atoms with Crippen LogP contribution in [0.4, 0.5) is 5.82 Å².